The van der Waals surface area contributed by atoms with Gasteiger partial charge in [0.25, 0.3) is 0 Å². The summed E-state index contributed by atoms with van der Waals surface area (Å²) in [6, 6.07) is 163. The molecule has 146 heavy (non-hydrogen) atoms. The van der Waals surface area contributed by atoms with Gasteiger partial charge < -0.3 is 8.83 Å². The number of fused-ring (bicyclic) bond motifs is 15. The summed E-state index contributed by atoms with van der Waals surface area (Å²) in [5.74, 6) is 0.315. The van der Waals surface area contributed by atoms with E-state index in [1.165, 1.54) is 114 Å². The van der Waals surface area contributed by atoms with Gasteiger partial charge in [0.05, 0.1) is 9.40 Å². The van der Waals surface area contributed by atoms with Crippen LogP contribution in [-0.4, -0.2) is 31.2 Å². The summed E-state index contributed by atoms with van der Waals surface area (Å²) in [5.41, 5.74) is 18.2. The van der Waals surface area contributed by atoms with Crippen molar-refractivity contribution in [2.45, 2.75) is 61.9 Å². The van der Waals surface area contributed by atoms with Gasteiger partial charge in [-0.2, -0.15) is 0 Å². The highest BCUT2D eigenvalue weighted by Crippen LogP contribution is 2.45. The minimum Gasteiger partial charge on any atom is -0.456 e. The molecule has 20 aromatic carbocycles. The zero-order chi connectivity index (χ0) is 101. The zero-order valence-corrected chi connectivity index (χ0v) is 87.1. The molecule has 0 saturated carbocycles. The summed E-state index contributed by atoms with van der Waals surface area (Å²) in [6.45, 7) is 18.9. The average molecular weight is 1980 g/mol. The predicted molar refractivity (Wildman–Crippen MR) is 627 cm³/mol. The molecule has 26 rings (SSSR count). The molecule has 11 heteroatoms. The maximum Gasteiger partial charge on any atom is 0.193 e. The van der Waals surface area contributed by atoms with E-state index >= 15 is 0 Å². The number of para-hydroxylation sites is 2. The van der Waals surface area contributed by atoms with E-state index in [1.807, 2.05) is 346 Å². The fourth-order valence-corrected chi connectivity index (χ4v) is 26.0. The third-order valence-corrected chi connectivity index (χ3v) is 34.6. The van der Waals surface area contributed by atoms with Crippen molar-refractivity contribution in [3.63, 3.8) is 0 Å². The van der Waals surface area contributed by atoms with Crippen LogP contribution >= 0.6 is 45.3 Å². The Morgan fingerprint density at radius 2 is 0.541 bits per heavy atom. The van der Waals surface area contributed by atoms with Crippen LogP contribution in [0.2, 0.25) is 6.55 Å². The Kier molecular flexibility index (Phi) is 31.9. The number of carbonyl (C=O) groups is 4. The number of furan rings is 2. The second kappa shape index (κ2) is 46.7. The molecule has 0 N–H and O–H groups in total. The van der Waals surface area contributed by atoms with Gasteiger partial charge in [-0.25, -0.2) is 0 Å². The molecule has 0 aliphatic carbocycles. The van der Waals surface area contributed by atoms with Crippen molar-refractivity contribution in [2.24, 2.45) is 0 Å². The Labute approximate surface area is 869 Å². The summed E-state index contributed by atoms with van der Waals surface area (Å²) in [4.78, 5) is 50.2. The summed E-state index contributed by atoms with van der Waals surface area (Å²) < 4.78 is 20.0. The third-order valence-electron chi connectivity index (χ3n) is 25.8. The number of hydrogen-bond acceptors (Lipinski definition) is 10. The number of hydrogen-bond donors (Lipinski definition) is 0. The first-order chi connectivity index (χ1) is 71.2. The van der Waals surface area contributed by atoms with Crippen molar-refractivity contribution in [2.75, 3.05) is 0 Å². The maximum absolute atomic E-state index is 12.4. The Bertz CT molecular complexity index is 8900. The Balaban J connectivity index is 0.000000108. The van der Waals surface area contributed by atoms with Crippen LogP contribution in [0.25, 0.3) is 115 Å². The second-order valence-electron chi connectivity index (χ2n) is 36.6. The summed E-state index contributed by atoms with van der Waals surface area (Å²) in [5, 5.41) is 21.4. The lowest BCUT2D eigenvalue weighted by atomic mass is 9.99. The van der Waals surface area contributed by atoms with Crippen molar-refractivity contribution in [1.82, 2.24) is 0 Å². The van der Waals surface area contributed by atoms with Crippen molar-refractivity contribution in [1.29, 1.82) is 0 Å². The zero-order valence-electron chi connectivity index (χ0n) is 82.8. The maximum atomic E-state index is 12.4. The molecule has 26 aromatic rings. The van der Waals surface area contributed by atoms with Crippen LogP contribution in [0.3, 0.4) is 0 Å². The van der Waals surface area contributed by atoms with E-state index in [4.69, 9.17) is 8.83 Å². The molecule has 0 radical (unpaired) electrons. The van der Waals surface area contributed by atoms with Crippen LogP contribution in [0.5, 0.6) is 0 Å². The quantitative estimate of drug-likeness (QED) is 0.0727. The highest BCUT2D eigenvalue weighted by molar-refractivity contribution is 7.36. The molecule has 0 aliphatic heterocycles. The minimum absolute atomic E-state index is 0.0748. The van der Waals surface area contributed by atoms with Gasteiger partial charge in [-0.3, -0.25) is 19.2 Å². The predicted octanol–water partition coefficient (Wildman–Crippen LogP) is 35.8. The van der Waals surface area contributed by atoms with Crippen molar-refractivity contribution in [3.8, 4) is 0 Å². The molecule has 0 unspecified atom stereocenters. The van der Waals surface area contributed by atoms with E-state index in [9.17, 15) is 19.2 Å². The molecule has 0 saturated heterocycles. The van der Waals surface area contributed by atoms with E-state index in [-0.39, 0.29) is 23.1 Å². The van der Waals surface area contributed by atoms with Gasteiger partial charge in [-0.1, -0.05) is 429 Å². The van der Waals surface area contributed by atoms with Crippen LogP contribution in [0.1, 0.15) is 108 Å². The van der Waals surface area contributed by atoms with Gasteiger partial charge in [-0.05, 0) is 211 Å². The van der Waals surface area contributed by atoms with Gasteiger partial charge in [0.2, 0.25) is 0 Å². The first kappa shape index (κ1) is 99.6. The lowest BCUT2D eigenvalue weighted by Gasteiger charge is -2.29. The van der Waals surface area contributed by atoms with Crippen LogP contribution in [0.15, 0.2) is 500 Å². The first-order valence-electron chi connectivity index (χ1n) is 48.8. The highest BCUT2D eigenvalue weighted by atomic mass is 32.1. The van der Waals surface area contributed by atoms with Crippen LogP contribution in [0, 0.1) is 55.4 Å². The van der Waals surface area contributed by atoms with Crippen molar-refractivity contribution in [3.05, 3.63) is 579 Å². The minimum atomic E-state index is -1.88. The molecule has 6 aromatic heterocycles. The van der Waals surface area contributed by atoms with E-state index < -0.39 is 8.07 Å². The largest absolute Gasteiger partial charge is 0.456 e. The molecule has 6 heterocycles. The lowest BCUT2D eigenvalue weighted by Crippen LogP contribution is -2.64. The monoisotopic (exact) mass is 1980 g/mol. The molecule has 0 fully saturated rings. The number of carbonyl (C=O) groups excluding carboxylic acids is 4. The molecule has 6 nitrogen and oxygen atoms in total. The van der Waals surface area contributed by atoms with Crippen molar-refractivity contribution < 1.29 is 28.0 Å². The van der Waals surface area contributed by atoms with Gasteiger partial charge in [0, 0.05) is 101 Å². The van der Waals surface area contributed by atoms with Crippen LogP contribution < -0.4 is 15.6 Å². The summed E-state index contributed by atoms with van der Waals surface area (Å²) in [6.07, 6.45) is 0. The van der Waals surface area contributed by atoms with Gasteiger partial charge in [-0.15, -0.1) is 45.3 Å². The van der Waals surface area contributed by atoms with Crippen LogP contribution in [-0.2, 0) is 0 Å². The molecular weight excluding hydrogens is 1870 g/mol. The highest BCUT2D eigenvalue weighted by Gasteiger charge is 2.34. The van der Waals surface area contributed by atoms with E-state index in [2.05, 4.69) is 252 Å². The molecule has 0 aliphatic rings. The van der Waals surface area contributed by atoms with E-state index in [0.29, 0.717) is 0 Å². The summed E-state index contributed by atoms with van der Waals surface area (Å²) in [7, 11) is -1.88. The molecule has 712 valence electrons. The Morgan fingerprint density at radius 1 is 0.199 bits per heavy atom. The van der Waals surface area contributed by atoms with Crippen molar-refractivity contribution >= 4 is 207 Å². The Morgan fingerprint density at radius 3 is 1.05 bits per heavy atom. The van der Waals surface area contributed by atoms with Gasteiger partial charge in [0.1, 0.15) is 30.4 Å². The van der Waals surface area contributed by atoms with Gasteiger partial charge >= 0.3 is 0 Å². The molecule has 0 atom stereocenters. The number of aryl methyl sites for hydroxylation is 8. The topological polar surface area (TPSA) is 94.6 Å². The van der Waals surface area contributed by atoms with Gasteiger partial charge in [0.15, 0.2) is 23.1 Å². The van der Waals surface area contributed by atoms with E-state index in [1.54, 1.807) is 0 Å². The first-order valence-corrected chi connectivity index (χ1v) is 54.6. The number of thiophene rings is 4. The second-order valence-corrected chi connectivity index (χ2v) is 44.9. The Hall–Kier alpha value is -16.5. The fourth-order valence-electron chi connectivity index (χ4n) is 17.9. The third kappa shape index (κ3) is 24.0. The summed E-state index contributed by atoms with van der Waals surface area (Å²) >= 11 is 7.53. The van der Waals surface area contributed by atoms with Crippen LogP contribution in [0.4, 0.5) is 0 Å². The number of rotatable bonds is 11. The van der Waals surface area contributed by atoms with E-state index in [0.717, 1.165) is 105 Å². The normalized spacial score (nSPS) is 10.9. The smallest absolute Gasteiger partial charge is 0.193 e. The average Bonchev–Trinajstić information content (AvgIpc) is 1.58. The molecular formula is C135H108O6S4Si. The number of benzene rings is 20. The fraction of sp³-hybridized carbons (Fsp3) is 0.0667. The molecule has 0 bridgehead atoms. The number of ketones is 4. The molecule has 0 spiro atoms. The molecule has 0 amide bonds. The SMILES string of the molecule is C[Si](c1ccccc1)(c1ccccc1)c1ccccc1.Cc1cc2cc3sccc3cc2s1.Cc1ccc(C(=O)c2ccc3ccccc3c2)cc1.Cc1ccc(C(=O)c2ccccc2)cc1.Cc1ccc2c(c1)oc1ccccc12.Cc1ccc2c(c1)sc1c3ccccc3sc21.Cc1ccc2oc3ccccc3c2c1.Cc1cccc(C(=O)c2ccc3ccccc3c2)c1.Cc1cccc(C(=O)c2ccccc2)c1. The standard InChI is InChI=1S/C19H18Si.2C18H14O.C15H10S2.2C14H12O.2C13H10O.C11H8S2/c1-20(17-11-5-2-6-12-17,18-13-7-3-8-14-18)19-15-9-4-10-16-19;1-13-5-4-8-16(11-13)18(19)17-10-9-14-6-2-3-7-15(14)12-17;1-13-6-8-15(9-7-13)18(19)17-11-10-14-4-2-3-5-16(14)12-17;1-9-6-7-11-13(8-9)17-14-10-4-2-3-5-12(10)16-15(11)14;1-11-6-5-9-13(10-11)14(15)12-7-3-2-4-8-12;1-11-7-9-13(10-8-11)14(15)12-5-3-2-4-6-12;1-9-6-7-13-11(8-9)10-4-2-3-5-12(10)14-13;1-9-6-7-11-10-4-2-3-5-12(10)14-13(11)8-9;1-7-4-9-6-10-8(2-3-12-10)5-11(9)13-7/h2-16H,1H3;2*2-12H,1H3;2-8H,1H3;2*2-10H,1H3;2*2-8H,1H3;2-6H,1H3. The lowest BCUT2D eigenvalue weighted by molar-refractivity contribution is 0.103.